The third-order valence-corrected chi connectivity index (χ3v) is 6.48. The first-order valence-electron chi connectivity index (χ1n) is 15.5. The fourth-order valence-electron chi connectivity index (χ4n) is 4.09. The summed E-state index contributed by atoms with van der Waals surface area (Å²) in [6.07, 6.45) is 40.0. The van der Waals surface area contributed by atoms with Gasteiger partial charge in [-0.2, -0.15) is 0 Å². The van der Waals surface area contributed by atoms with Crippen molar-refractivity contribution in [3.8, 4) is 0 Å². The number of unbranched alkanes of at least 4 members (excludes halogenated alkanes) is 11. The molecule has 0 rings (SSSR count). The van der Waals surface area contributed by atoms with Gasteiger partial charge in [0.25, 0.3) is 0 Å². The van der Waals surface area contributed by atoms with Gasteiger partial charge in [-0.05, 0) is 64.2 Å². The maximum Gasteiger partial charge on any atom is 0.220 e. The van der Waals surface area contributed by atoms with Crippen molar-refractivity contribution in [3.63, 3.8) is 0 Å². The van der Waals surface area contributed by atoms with E-state index in [0.29, 0.717) is 6.42 Å². The summed E-state index contributed by atoms with van der Waals surface area (Å²) in [6.45, 7) is 4.12. The Morgan fingerprint density at radius 3 is 1.84 bits per heavy atom. The van der Waals surface area contributed by atoms with Crippen LogP contribution < -0.4 is 5.32 Å². The number of hydrogen-bond acceptors (Lipinski definition) is 3. The number of allylic oxidation sites excluding steroid dienone is 9. The molecule has 0 saturated heterocycles. The molecule has 38 heavy (non-hydrogen) atoms. The Labute approximate surface area is 235 Å². The van der Waals surface area contributed by atoms with E-state index in [4.69, 9.17) is 0 Å². The van der Waals surface area contributed by atoms with Crippen molar-refractivity contribution in [1.29, 1.82) is 0 Å². The Hall–Kier alpha value is -1.91. The summed E-state index contributed by atoms with van der Waals surface area (Å²) < 4.78 is 0. The lowest BCUT2D eigenvalue weighted by atomic mass is 10.1. The molecule has 0 aliphatic heterocycles. The van der Waals surface area contributed by atoms with Gasteiger partial charge < -0.3 is 15.5 Å². The van der Waals surface area contributed by atoms with E-state index in [1.807, 2.05) is 6.08 Å². The molecule has 2 atom stereocenters. The van der Waals surface area contributed by atoms with Crippen LogP contribution in [0.3, 0.4) is 0 Å². The molecule has 0 aliphatic rings. The maximum atomic E-state index is 12.2. The first-order valence-corrected chi connectivity index (χ1v) is 15.5. The van der Waals surface area contributed by atoms with Crippen molar-refractivity contribution in [2.75, 3.05) is 6.61 Å². The van der Waals surface area contributed by atoms with E-state index in [-0.39, 0.29) is 12.5 Å². The summed E-state index contributed by atoms with van der Waals surface area (Å²) in [5.74, 6) is -0.0976. The van der Waals surface area contributed by atoms with E-state index in [1.165, 1.54) is 44.9 Å². The first-order chi connectivity index (χ1) is 18.7. The molecule has 0 aliphatic carbocycles. The van der Waals surface area contributed by atoms with Gasteiger partial charge in [-0.1, -0.05) is 120 Å². The second-order valence-electron chi connectivity index (χ2n) is 10.1. The number of nitrogens with one attached hydrogen (secondary N) is 1. The molecule has 2 unspecified atom stereocenters. The maximum absolute atomic E-state index is 12.2. The predicted molar refractivity (Wildman–Crippen MR) is 165 cm³/mol. The quantitative estimate of drug-likeness (QED) is 0.0775. The van der Waals surface area contributed by atoms with Gasteiger partial charge in [-0.25, -0.2) is 0 Å². The SMILES string of the molecule is CC/C=C\C/C=C\C/C=C\CCCCCCCC(=O)NC(CO)C(O)/C=C/CC/C=C/CCCCCCC. The third kappa shape index (κ3) is 25.7. The highest BCUT2D eigenvalue weighted by Crippen LogP contribution is 2.09. The summed E-state index contributed by atoms with van der Waals surface area (Å²) in [5.41, 5.74) is 0. The van der Waals surface area contributed by atoms with E-state index >= 15 is 0 Å². The molecule has 1 amide bonds. The molecule has 0 aromatic rings. The highest BCUT2D eigenvalue weighted by molar-refractivity contribution is 5.76. The molecule has 0 aromatic carbocycles. The van der Waals surface area contributed by atoms with Crippen LogP contribution >= 0.6 is 0 Å². The first kappa shape index (κ1) is 36.1. The Morgan fingerprint density at radius 2 is 1.18 bits per heavy atom. The smallest absolute Gasteiger partial charge is 0.220 e. The van der Waals surface area contributed by atoms with Crippen LogP contribution in [0.4, 0.5) is 0 Å². The fourth-order valence-corrected chi connectivity index (χ4v) is 4.09. The van der Waals surface area contributed by atoms with E-state index in [2.05, 4.69) is 67.8 Å². The van der Waals surface area contributed by atoms with Gasteiger partial charge >= 0.3 is 0 Å². The lowest BCUT2D eigenvalue weighted by molar-refractivity contribution is -0.123. The number of hydrogen-bond donors (Lipinski definition) is 3. The van der Waals surface area contributed by atoms with Crippen LogP contribution in [0, 0.1) is 0 Å². The van der Waals surface area contributed by atoms with E-state index in [9.17, 15) is 15.0 Å². The van der Waals surface area contributed by atoms with Gasteiger partial charge in [0.2, 0.25) is 5.91 Å². The van der Waals surface area contributed by atoms with Crippen LogP contribution in [0.1, 0.15) is 129 Å². The average Bonchev–Trinajstić information content (AvgIpc) is 2.92. The number of aliphatic hydroxyl groups is 2. The monoisotopic (exact) mass is 529 g/mol. The number of aliphatic hydroxyl groups excluding tert-OH is 2. The van der Waals surface area contributed by atoms with Crippen LogP contribution in [0.15, 0.2) is 60.8 Å². The molecule has 4 nitrogen and oxygen atoms in total. The third-order valence-electron chi connectivity index (χ3n) is 6.48. The van der Waals surface area contributed by atoms with E-state index < -0.39 is 12.1 Å². The van der Waals surface area contributed by atoms with E-state index in [1.54, 1.807) is 6.08 Å². The molecular formula is C34H59NO3. The average molecular weight is 530 g/mol. The van der Waals surface area contributed by atoms with Crippen LogP contribution in [-0.2, 0) is 4.79 Å². The molecule has 3 N–H and O–H groups in total. The van der Waals surface area contributed by atoms with Gasteiger partial charge in [-0.15, -0.1) is 0 Å². The highest BCUT2D eigenvalue weighted by atomic mass is 16.3. The zero-order valence-corrected chi connectivity index (χ0v) is 24.7. The molecule has 0 radical (unpaired) electrons. The molecule has 0 spiro atoms. The minimum atomic E-state index is -0.868. The lowest BCUT2D eigenvalue weighted by Crippen LogP contribution is -2.45. The van der Waals surface area contributed by atoms with Crippen LogP contribution in [-0.4, -0.2) is 34.9 Å². The molecule has 0 fully saturated rings. The van der Waals surface area contributed by atoms with Gasteiger partial charge in [0.1, 0.15) is 0 Å². The van der Waals surface area contributed by atoms with Crippen molar-refractivity contribution in [1.82, 2.24) is 5.32 Å². The number of carbonyl (C=O) groups is 1. The van der Waals surface area contributed by atoms with Crippen LogP contribution in [0.2, 0.25) is 0 Å². The molecule has 4 heteroatoms. The van der Waals surface area contributed by atoms with E-state index in [0.717, 1.165) is 64.2 Å². The summed E-state index contributed by atoms with van der Waals surface area (Å²) in [6, 6.07) is -0.646. The second kappa shape index (κ2) is 29.6. The van der Waals surface area contributed by atoms with Crippen LogP contribution in [0.25, 0.3) is 0 Å². The van der Waals surface area contributed by atoms with Crippen molar-refractivity contribution in [2.24, 2.45) is 0 Å². The number of carbonyl (C=O) groups excluding carboxylic acids is 1. The summed E-state index contributed by atoms with van der Waals surface area (Å²) in [7, 11) is 0. The van der Waals surface area contributed by atoms with Gasteiger partial charge in [0.05, 0.1) is 18.8 Å². The molecule has 0 bridgehead atoms. The zero-order chi connectivity index (χ0) is 27.9. The normalized spacial score (nSPS) is 14.1. The summed E-state index contributed by atoms with van der Waals surface area (Å²) >= 11 is 0. The van der Waals surface area contributed by atoms with Gasteiger partial charge in [-0.3, -0.25) is 4.79 Å². The molecule has 0 heterocycles. The Balaban J connectivity index is 3.79. The van der Waals surface area contributed by atoms with Gasteiger partial charge in [0, 0.05) is 6.42 Å². The molecule has 218 valence electrons. The minimum absolute atomic E-state index is 0.0976. The van der Waals surface area contributed by atoms with Gasteiger partial charge in [0.15, 0.2) is 0 Å². The predicted octanol–water partition coefficient (Wildman–Crippen LogP) is 8.67. The lowest BCUT2D eigenvalue weighted by Gasteiger charge is -2.19. The fraction of sp³-hybridized carbons (Fsp3) is 0.676. The van der Waals surface area contributed by atoms with Crippen molar-refractivity contribution in [3.05, 3.63) is 60.8 Å². The molecule has 0 aromatic heterocycles. The highest BCUT2D eigenvalue weighted by Gasteiger charge is 2.17. The zero-order valence-electron chi connectivity index (χ0n) is 24.7. The topological polar surface area (TPSA) is 69.6 Å². The standard InChI is InChI=1S/C34H59NO3/c1-3-5-7-9-11-13-15-16-17-18-20-22-24-26-28-30-34(38)35-32(31-36)33(37)29-27-25-23-21-19-14-12-10-8-6-4-2/h5,7,11,13,16-17,19,21,27,29,32-33,36-37H,3-4,6,8-10,12,14-15,18,20,22-26,28,30-31H2,1-2H3,(H,35,38)/b7-5-,13-11-,17-16-,21-19+,29-27+. The summed E-state index contributed by atoms with van der Waals surface area (Å²) in [5, 5.41) is 22.7. The van der Waals surface area contributed by atoms with Crippen LogP contribution in [0.5, 0.6) is 0 Å². The molecular weight excluding hydrogens is 470 g/mol. The van der Waals surface area contributed by atoms with Crippen molar-refractivity contribution in [2.45, 2.75) is 142 Å². The van der Waals surface area contributed by atoms with Crippen molar-refractivity contribution >= 4 is 5.91 Å². The number of amides is 1. The second-order valence-corrected chi connectivity index (χ2v) is 10.1. The Bertz CT molecular complexity index is 663. The molecule has 0 saturated carbocycles. The number of rotatable bonds is 26. The van der Waals surface area contributed by atoms with Crippen molar-refractivity contribution < 1.29 is 15.0 Å². The summed E-state index contributed by atoms with van der Waals surface area (Å²) in [4.78, 5) is 12.2. The largest absolute Gasteiger partial charge is 0.394 e. The Morgan fingerprint density at radius 1 is 0.658 bits per heavy atom. The minimum Gasteiger partial charge on any atom is -0.394 e. The Kier molecular flexibility index (Phi) is 28.2.